The smallest absolute Gasteiger partial charge is 0.180 e. The van der Waals surface area contributed by atoms with Crippen LogP contribution in [0.25, 0.3) is 21.9 Å². The van der Waals surface area contributed by atoms with Gasteiger partial charge in [0.15, 0.2) is 10.8 Å². The van der Waals surface area contributed by atoms with Crippen molar-refractivity contribution < 1.29 is 0 Å². The van der Waals surface area contributed by atoms with E-state index in [4.69, 9.17) is 12.2 Å². The number of rotatable bonds is 3. The third-order valence-corrected chi connectivity index (χ3v) is 5.38. The molecule has 1 saturated carbocycles. The summed E-state index contributed by atoms with van der Waals surface area (Å²) in [5.74, 6) is 0.671. The molecule has 6 nitrogen and oxygen atoms in total. The highest BCUT2D eigenvalue weighted by molar-refractivity contribution is 7.80. The van der Waals surface area contributed by atoms with E-state index in [0.29, 0.717) is 22.6 Å². The first-order valence-corrected chi connectivity index (χ1v) is 9.60. The number of hydrogen-bond acceptors (Lipinski definition) is 6. The Labute approximate surface area is 155 Å². The SMILES string of the molecule is Cc1csc(-c2cnc3ccc(NC(=S)NC4CCCC4)nc3n2)n1. The summed E-state index contributed by atoms with van der Waals surface area (Å²) in [6.45, 7) is 1.97. The molecule has 8 heteroatoms. The lowest BCUT2D eigenvalue weighted by atomic mass is 10.3. The normalized spacial score (nSPS) is 14.8. The Morgan fingerprint density at radius 1 is 1.20 bits per heavy atom. The fraction of sp³-hybridized carbons (Fsp3) is 0.353. The second kappa shape index (κ2) is 6.97. The number of nitrogens with zero attached hydrogens (tertiary/aromatic N) is 4. The van der Waals surface area contributed by atoms with E-state index in [9.17, 15) is 0 Å². The molecule has 0 aromatic carbocycles. The van der Waals surface area contributed by atoms with Crippen LogP contribution in [0, 0.1) is 6.92 Å². The minimum absolute atomic E-state index is 0.472. The van der Waals surface area contributed by atoms with E-state index in [0.717, 1.165) is 21.9 Å². The Balaban J connectivity index is 1.54. The minimum Gasteiger partial charge on any atom is -0.360 e. The molecular weight excluding hydrogens is 352 g/mol. The Kier molecular flexibility index (Phi) is 4.54. The first-order valence-electron chi connectivity index (χ1n) is 8.31. The molecule has 0 radical (unpaired) electrons. The van der Waals surface area contributed by atoms with Gasteiger partial charge in [-0.25, -0.2) is 15.0 Å². The maximum atomic E-state index is 5.39. The summed E-state index contributed by atoms with van der Waals surface area (Å²) >= 11 is 6.95. The lowest BCUT2D eigenvalue weighted by Gasteiger charge is -2.15. The Bertz CT molecular complexity index is 916. The highest BCUT2D eigenvalue weighted by Gasteiger charge is 2.15. The number of pyridine rings is 1. The van der Waals surface area contributed by atoms with Gasteiger partial charge in [-0.2, -0.15) is 0 Å². The van der Waals surface area contributed by atoms with Crippen molar-refractivity contribution in [2.75, 3.05) is 5.32 Å². The van der Waals surface area contributed by atoms with Crippen LogP contribution >= 0.6 is 23.6 Å². The molecular formula is C17H18N6S2. The van der Waals surface area contributed by atoms with Gasteiger partial charge in [0.1, 0.15) is 22.0 Å². The Morgan fingerprint density at radius 2 is 2.04 bits per heavy atom. The number of aryl methyl sites for hydroxylation is 1. The lowest BCUT2D eigenvalue weighted by molar-refractivity contribution is 0.634. The van der Waals surface area contributed by atoms with Crippen LogP contribution in [0.5, 0.6) is 0 Å². The van der Waals surface area contributed by atoms with Gasteiger partial charge in [0.25, 0.3) is 0 Å². The van der Waals surface area contributed by atoms with Gasteiger partial charge < -0.3 is 10.6 Å². The molecule has 1 aliphatic carbocycles. The average Bonchev–Trinajstić information content (AvgIpc) is 3.26. The topological polar surface area (TPSA) is 75.6 Å². The van der Waals surface area contributed by atoms with Gasteiger partial charge in [-0.3, -0.25) is 4.98 Å². The number of thiazole rings is 1. The van der Waals surface area contributed by atoms with E-state index in [-0.39, 0.29) is 0 Å². The molecule has 25 heavy (non-hydrogen) atoms. The molecule has 1 aliphatic rings. The maximum absolute atomic E-state index is 5.39. The summed E-state index contributed by atoms with van der Waals surface area (Å²) in [7, 11) is 0. The molecule has 0 spiro atoms. The zero-order valence-electron chi connectivity index (χ0n) is 13.8. The number of aromatic nitrogens is 4. The molecule has 3 aromatic rings. The van der Waals surface area contributed by atoms with Crippen LogP contribution in [0.4, 0.5) is 5.82 Å². The quantitative estimate of drug-likeness (QED) is 0.681. The van der Waals surface area contributed by atoms with Crippen LogP contribution in [-0.4, -0.2) is 31.1 Å². The van der Waals surface area contributed by atoms with E-state index in [2.05, 4.69) is 30.6 Å². The van der Waals surface area contributed by atoms with Crippen molar-refractivity contribution in [3.8, 4) is 10.7 Å². The molecule has 0 amide bonds. The first-order chi connectivity index (χ1) is 12.2. The van der Waals surface area contributed by atoms with Crippen LogP contribution < -0.4 is 10.6 Å². The van der Waals surface area contributed by atoms with E-state index < -0.39 is 0 Å². The maximum Gasteiger partial charge on any atom is 0.180 e. The molecule has 0 saturated heterocycles. The van der Waals surface area contributed by atoms with Crippen molar-refractivity contribution in [1.82, 2.24) is 25.3 Å². The number of nitrogens with one attached hydrogen (secondary N) is 2. The third kappa shape index (κ3) is 3.74. The van der Waals surface area contributed by atoms with Crippen LogP contribution in [0.3, 0.4) is 0 Å². The third-order valence-electron chi connectivity index (χ3n) is 4.18. The summed E-state index contributed by atoms with van der Waals surface area (Å²) in [5.41, 5.74) is 3.05. The van der Waals surface area contributed by atoms with Gasteiger partial charge in [0, 0.05) is 17.1 Å². The van der Waals surface area contributed by atoms with E-state index in [1.807, 2.05) is 24.4 Å². The van der Waals surface area contributed by atoms with Gasteiger partial charge in [-0.05, 0) is 44.1 Å². The lowest BCUT2D eigenvalue weighted by Crippen LogP contribution is -2.36. The zero-order valence-corrected chi connectivity index (χ0v) is 15.5. The molecule has 0 unspecified atom stereocenters. The second-order valence-electron chi connectivity index (χ2n) is 6.17. The van der Waals surface area contributed by atoms with Gasteiger partial charge in [-0.15, -0.1) is 11.3 Å². The van der Waals surface area contributed by atoms with Crippen molar-refractivity contribution in [2.24, 2.45) is 0 Å². The first kappa shape index (κ1) is 16.3. The van der Waals surface area contributed by atoms with Crippen molar-refractivity contribution in [3.63, 3.8) is 0 Å². The largest absolute Gasteiger partial charge is 0.360 e. The van der Waals surface area contributed by atoms with Crippen molar-refractivity contribution in [2.45, 2.75) is 38.6 Å². The molecule has 128 valence electrons. The molecule has 1 fully saturated rings. The van der Waals surface area contributed by atoms with E-state index in [1.165, 1.54) is 25.7 Å². The summed E-state index contributed by atoms with van der Waals surface area (Å²) in [6, 6.07) is 4.24. The van der Waals surface area contributed by atoms with Crippen molar-refractivity contribution in [1.29, 1.82) is 0 Å². The summed E-state index contributed by atoms with van der Waals surface area (Å²) in [6.07, 6.45) is 6.62. The predicted octanol–water partition coefficient (Wildman–Crippen LogP) is 3.69. The van der Waals surface area contributed by atoms with Crippen LogP contribution in [0.2, 0.25) is 0 Å². The highest BCUT2D eigenvalue weighted by Crippen LogP contribution is 2.23. The molecule has 2 N–H and O–H groups in total. The molecule has 3 heterocycles. The monoisotopic (exact) mass is 370 g/mol. The minimum atomic E-state index is 0.472. The van der Waals surface area contributed by atoms with Crippen molar-refractivity contribution >= 4 is 45.6 Å². The number of fused-ring (bicyclic) bond motifs is 1. The number of hydrogen-bond donors (Lipinski definition) is 2. The van der Waals surface area contributed by atoms with E-state index >= 15 is 0 Å². The zero-order chi connectivity index (χ0) is 17.2. The van der Waals surface area contributed by atoms with E-state index in [1.54, 1.807) is 17.5 Å². The number of anilines is 1. The Hall–Kier alpha value is -2.19. The predicted molar refractivity (Wildman–Crippen MR) is 105 cm³/mol. The van der Waals surface area contributed by atoms with Crippen LogP contribution in [0.1, 0.15) is 31.4 Å². The summed E-state index contributed by atoms with van der Waals surface area (Å²) in [4.78, 5) is 18.0. The molecule has 0 aliphatic heterocycles. The second-order valence-corrected chi connectivity index (χ2v) is 7.43. The fourth-order valence-electron chi connectivity index (χ4n) is 2.95. The standard InChI is InChI=1S/C17H18N6S2/c1-10-9-25-16(19-10)13-8-18-12-6-7-14(22-15(12)21-13)23-17(24)20-11-4-2-3-5-11/h6-9,11H,2-5H2,1H3,(H2,20,21,22,23,24). The fourth-order valence-corrected chi connectivity index (χ4v) is 3.97. The van der Waals surface area contributed by atoms with Crippen LogP contribution in [0.15, 0.2) is 23.7 Å². The van der Waals surface area contributed by atoms with Crippen LogP contribution in [-0.2, 0) is 0 Å². The molecule has 3 aromatic heterocycles. The molecule has 0 bridgehead atoms. The number of thiocarbonyl (C=S) groups is 1. The van der Waals surface area contributed by atoms with Gasteiger partial charge in [-0.1, -0.05) is 12.8 Å². The highest BCUT2D eigenvalue weighted by atomic mass is 32.1. The Morgan fingerprint density at radius 3 is 2.80 bits per heavy atom. The van der Waals surface area contributed by atoms with Gasteiger partial charge in [0.2, 0.25) is 0 Å². The van der Waals surface area contributed by atoms with Gasteiger partial charge >= 0.3 is 0 Å². The average molecular weight is 371 g/mol. The molecule has 0 atom stereocenters. The molecule has 4 rings (SSSR count). The summed E-state index contributed by atoms with van der Waals surface area (Å²) in [5, 5.41) is 9.97. The summed E-state index contributed by atoms with van der Waals surface area (Å²) < 4.78 is 0. The van der Waals surface area contributed by atoms with Crippen molar-refractivity contribution in [3.05, 3.63) is 29.4 Å². The van der Waals surface area contributed by atoms with Gasteiger partial charge in [0.05, 0.1) is 6.20 Å².